The van der Waals surface area contributed by atoms with E-state index in [1.807, 2.05) is 18.2 Å². The van der Waals surface area contributed by atoms with Gasteiger partial charge in [-0.3, -0.25) is 9.69 Å². The molecule has 2 saturated heterocycles. The van der Waals surface area contributed by atoms with Gasteiger partial charge in [-0.05, 0) is 69.6 Å². The first-order chi connectivity index (χ1) is 20.3. The van der Waals surface area contributed by atoms with Crippen LogP contribution in [-0.2, 0) is 24.4 Å². The number of rotatable bonds is 10. The van der Waals surface area contributed by atoms with Gasteiger partial charge in [-0.1, -0.05) is 29.8 Å². The third-order valence-corrected chi connectivity index (χ3v) is 8.56. The first-order valence-corrected chi connectivity index (χ1v) is 14.7. The van der Waals surface area contributed by atoms with Crippen molar-refractivity contribution in [3.8, 4) is 5.88 Å². The molecule has 1 N–H and O–H groups in total. The van der Waals surface area contributed by atoms with Gasteiger partial charge < -0.3 is 19.1 Å². The van der Waals surface area contributed by atoms with Crippen molar-refractivity contribution >= 4 is 34.4 Å². The summed E-state index contributed by atoms with van der Waals surface area (Å²) in [5.41, 5.74) is 4.30. The zero-order valence-corrected chi connectivity index (χ0v) is 24.2. The summed E-state index contributed by atoms with van der Waals surface area (Å²) < 4.78 is 13.8. The van der Waals surface area contributed by atoms with Crippen molar-refractivity contribution < 1.29 is 24.2 Å². The number of carboxylic acid groups (broad SMARTS) is 1. The molecule has 0 bridgehead atoms. The number of aromatic nitrogens is 3. The van der Waals surface area contributed by atoms with Crippen LogP contribution < -0.4 is 4.74 Å². The van der Waals surface area contributed by atoms with E-state index in [2.05, 4.69) is 15.5 Å². The number of piperidine rings is 1. The molecule has 10 heteroatoms. The molecular formula is C32H33ClN4O5. The Balaban J connectivity index is 1.09. The Bertz CT molecular complexity index is 1620. The predicted octanol–water partition coefficient (Wildman–Crippen LogP) is 5.73. The first kappa shape index (κ1) is 28.3. The van der Waals surface area contributed by atoms with Crippen molar-refractivity contribution in [3.05, 3.63) is 87.8 Å². The lowest BCUT2D eigenvalue weighted by Crippen LogP contribution is -2.35. The molecule has 0 unspecified atom stereocenters. The molecule has 0 amide bonds. The highest BCUT2D eigenvalue weighted by Crippen LogP contribution is 2.30. The van der Waals surface area contributed by atoms with Crippen LogP contribution in [0.1, 0.15) is 69.9 Å². The molecule has 4 aromatic rings. The lowest BCUT2D eigenvalue weighted by molar-refractivity contribution is -0.0592. The monoisotopic (exact) mass is 588 g/mol. The predicted molar refractivity (Wildman–Crippen MR) is 158 cm³/mol. The quantitative estimate of drug-likeness (QED) is 0.234. The van der Waals surface area contributed by atoms with Crippen LogP contribution in [-0.4, -0.2) is 62.1 Å². The van der Waals surface area contributed by atoms with E-state index in [0.717, 1.165) is 67.1 Å². The minimum atomic E-state index is -0.941. The van der Waals surface area contributed by atoms with E-state index in [1.165, 1.54) is 6.92 Å². The summed E-state index contributed by atoms with van der Waals surface area (Å²) in [7, 11) is 0. The topological polar surface area (TPSA) is 107 Å². The van der Waals surface area contributed by atoms with Gasteiger partial charge in [-0.25, -0.2) is 14.8 Å². The number of nitrogens with zero attached hydrogens (tertiary/aromatic N) is 4. The molecule has 4 heterocycles. The number of ketones is 1. The normalized spacial score (nSPS) is 17.7. The third-order valence-electron chi connectivity index (χ3n) is 8.20. The number of carbonyl (C=O) groups excluding carboxylic acids is 1. The standard InChI is InChI=1S/C32H33ClN4O5/c1-20(38)22-5-6-24(26(33)15-22)19-42-31-4-2-3-27(35-31)21-9-12-36(13-10-21)18-30-34-28-8-7-23(32(39)40)16-29(28)37(30)17-25-11-14-41-25/h2-8,15-16,21,25H,9-14,17-19H2,1H3,(H,39,40)/t25-/m0/s1. The van der Waals surface area contributed by atoms with Crippen LogP contribution in [0.5, 0.6) is 5.88 Å². The Labute approximate surface area is 249 Å². The number of aromatic carboxylic acids is 1. The van der Waals surface area contributed by atoms with E-state index < -0.39 is 5.97 Å². The third kappa shape index (κ3) is 6.18. The minimum absolute atomic E-state index is 0.0268. The molecule has 9 nitrogen and oxygen atoms in total. The second-order valence-corrected chi connectivity index (χ2v) is 11.4. The zero-order chi connectivity index (χ0) is 29.2. The molecule has 2 aliphatic rings. The Morgan fingerprint density at radius 1 is 1.05 bits per heavy atom. The fraction of sp³-hybridized carbons (Fsp3) is 0.375. The maximum Gasteiger partial charge on any atom is 0.335 e. The van der Waals surface area contributed by atoms with Crippen molar-refractivity contribution in [3.63, 3.8) is 0 Å². The van der Waals surface area contributed by atoms with E-state index in [9.17, 15) is 14.7 Å². The molecule has 0 spiro atoms. The Morgan fingerprint density at radius 3 is 2.52 bits per heavy atom. The smallest absolute Gasteiger partial charge is 0.335 e. The number of Topliss-reactive ketones (excluding diaryl/α,β-unsaturated/α-hetero) is 1. The number of pyridine rings is 1. The van der Waals surface area contributed by atoms with Crippen LogP contribution in [0, 0.1) is 0 Å². The highest BCUT2D eigenvalue weighted by molar-refractivity contribution is 6.31. The second-order valence-electron chi connectivity index (χ2n) is 11.0. The van der Waals surface area contributed by atoms with Crippen LogP contribution in [0.15, 0.2) is 54.6 Å². The molecule has 42 heavy (non-hydrogen) atoms. The van der Waals surface area contributed by atoms with Crippen LogP contribution in [0.4, 0.5) is 0 Å². The van der Waals surface area contributed by atoms with Crippen molar-refractivity contribution in [2.45, 2.75) is 57.9 Å². The van der Waals surface area contributed by atoms with Crippen LogP contribution in [0.3, 0.4) is 0 Å². The maximum atomic E-state index is 11.6. The largest absolute Gasteiger partial charge is 0.478 e. The van der Waals surface area contributed by atoms with E-state index in [4.69, 9.17) is 31.0 Å². The number of halogens is 1. The molecule has 6 rings (SSSR count). The molecular weight excluding hydrogens is 556 g/mol. The van der Waals surface area contributed by atoms with Gasteiger partial charge >= 0.3 is 5.97 Å². The molecule has 2 aromatic carbocycles. The van der Waals surface area contributed by atoms with Crippen molar-refractivity contribution in [1.82, 2.24) is 19.4 Å². The highest BCUT2D eigenvalue weighted by atomic mass is 35.5. The lowest BCUT2D eigenvalue weighted by Gasteiger charge is -2.32. The average molecular weight is 589 g/mol. The summed E-state index contributed by atoms with van der Waals surface area (Å²) in [6.07, 6.45) is 3.06. The van der Waals surface area contributed by atoms with Gasteiger partial charge in [-0.2, -0.15) is 0 Å². The summed E-state index contributed by atoms with van der Waals surface area (Å²) >= 11 is 6.36. The Morgan fingerprint density at radius 2 is 1.83 bits per heavy atom. The number of imidazole rings is 1. The van der Waals surface area contributed by atoms with E-state index >= 15 is 0 Å². The van der Waals surface area contributed by atoms with Crippen molar-refractivity contribution in [2.24, 2.45) is 0 Å². The molecule has 0 radical (unpaired) electrons. The van der Waals surface area contributed by atoms with Gasteiger partial charge in [0.1, 0.15) is 12.4 Å². The average Bonchev–Trinajstić information content (AvgIpc) is 3.30. The van der Waals surface area contributed by atoms with Gasteiger partial charge in [0.2, 0.25) is 5.88 Å². The first-order valence-electron chi connectivity index (χ1n) is 14.3. The summed E-state index contributed by atoms with van der Waals surface area (Å²) in [5.74, 6) is 0.840. The van der Waals surface area contributed by atoms with Gasteiger partial charge in [0.05, 0.1) is 35.8 Å². The molecule has 0 saturated carbocycles. The fourth-order valence-corrected chi connectivity index (χ4v) is 5.86. The number of ether oxygens (including phenoxy) is 2. The zero-order valence-electron chi connectivity index (χ0n) is 23.5. The molecule has 2 aromatic heterocycles. The van der Waals surface area contributed by atoms with Gasteiger partial charge in [0.25, 0.3) is 0 Å². The Kier molecular flexibility index (Phi) is 8.24. The fourth-order valence-electron chi connectivity index (χ4n) is 5.62. The summed E-state index contributed by atoms with van der Waals surface area (Å²) in [5, 5.41) is 10.0. The summed E-state index contributed by atoms with van der Waals surface area (Å²) in [6.45, 7) is 5.72. The SMILES string of the molecule is CC(=O)c1ccc(COc2cccc(C3CCN(Cc4nc5ccc(C(=O)O)cc5n4C[C@@H]4CCO4)CC3)n2)c(Cl)c1. The van der Waals surface area contributed by atoms with Gasteiger partial charge in [0.15, 0.2) is 5.78 Å². The number of hydrogen-bond donors (Lipinski definition) is 1. The van der Waals surface area contributed by atoms with Crippen LogP contribution >= 0.6 is 11.6 Å². The molecule has 2 fully saturated rings. The summed E-state index contributed by atoms with van der Waals surface area (Å²) in [6, 6.07) is 16.2. The minimum Gasteiger partial charge on any atom is -0.478 e. The number of fused-ring (bicyclic) bond motifs is 1. The van der Waals surface area contributed by atoms with E-state index in [0.29, 0.717) is 35.5 Å². The summed E-state index contributed by atoms with van der Waals surface area (Å²) in [4.78, 5) is 35.3. The molecule has 218 valence electrons. The van der Waals surface area contributed by atoms with Crippen molar-refractivity contribution in [1.29, 1.82) is 0 Å². The van der Waals surface area contributed by atoms with Crippen molar-refractivity contribution in [2.75, 3.05) is 19.7 Å². The second kappa shape index (κ2) is 12.2. The Hall–Kier alpha value is -3.79. The number of likely N-dealkylation sites (tertiary alicyclic amines) is 1. The number of benzene rings is 2. The van der Waals surface area contributed by atoms with E-state index in [-0.39, 0.29) is 24.1 Å². The number of hydrogen-bond acceptors (Lipinski definition) is 7. The molecule has 2 aliphatic heterocycles. The highest BCUT2D eigenvalue weighted by Gasteiger charge is 2.26. The van der Waals surface area contributed by atoms with Gasteiger partial charge in [0, 0.05) is 40.4 Å². The van der Waals surface area contributed by atoms with Crippen LogP contribution in [0.2, 0.25) is 5.02 Å². The van der Waals surface area contributed by atoms with E-state index in [1.54, 1.807) is 30.3 Å². The lowest BCUT2D eigenvalue weighted by atomic mass is 9.93. The molecule has 0 aliphatic carbocycles. The number of carbonyl (C=O) groups is 2. The van der Waals surface area contributed by atoms with Gasteiger partial charge in [-0.15, -0.1) is 0 Å². The number of carboxylic acids is 1. The maximum absolute atomic E-state index is 11.6. The molecule has 1 atom stereocenters. The van der Waals surface area contributed by atoms with Crippen LogP contribution in [0.25, 0.3) is 11.0 Å².